The fourth-order valence-corrected chi connectivity index (χ4v) is 6.13. The van der Waals surface area contributed by atoms with Crippen LogP contribution in [0.15, 0.2) is 54.6 Å². The molecule has 6 heteroatoms. The van der Waals surface area contributed by atoms with Crippen molar-refractivity contribution in [3.05, 3.63) is 83.2 Å². The van der Waals surface area contributed by atoms with E-state index in [1.54, 1.807) is 12.2 Å². The average molecular weight is 527 g/mol. The van der Waals surface area contributed by atoms with Crippen LogP contribution < -0.4 is 9.47 Å². The van der Waals surface area contributed by atoms with Crippen molar-refractivity contribution in [1.82, 2.24) is 0 Å². The maximum absolute atomic E-state index is 15.2. The summed E-state index contributed by atoms with van der Waals surface area (Å²) in [5, 5.41) is 0. The Morgan fingerprint density at radius 1 is 0.921 bits per heavy atom. The van der Waals surface area contributed by atoms with Gasteiger partial charge in [-0.1, -0.05) is 36.8 Å². The van der Waals surface area contributed by atoms with E-state index >= 15 is 8.78 Å². The number of esters is 1. The van der Waals surface area contributed by atoms with Gasteiger partial charge in [-0.2, -0.15) is 0 Å². The summed E-state index contributed by atoms with van der Waals surface area (Å²) in [5.41, 5.74) is -0.170. The van der Waals surface area contributed by atoms with Gasteiger partial charge in [0.05, 0.1) is 5.56 Å². The molecule has 4 atom stereocenters. The van der Waals surface area contributed by atoms with E-state index in [-0.39, 0.29) is 24.0 Å². The van der Waals surface area contributed by atoms with E-state index in [2.05, 4.69) is 19.1 Å². The third-order valence-electron chi connectivity index (χ3n) is 8.16. The summed E-state index contributed by atoms with van der Waals surface area (Å²) in [4.78, 5) is 12.6. The lowest BCUT2D eigenvalue weighted by Gasteiger charge is -2.42. The Hall–Kier alpha value is -3.02. The zero-order valence-corrected chi connectivity index (χ0v) is 22.2. The zero-order valence-electron chi connectivity index (χ0n) is 22.2. The summed E-state index contributed by atoms with van der Waals surface area (Å²) in [6.45, 7) is 4.07. The summed E-state index contributed by atoms with van der Waals surface area (Å²) >= 11 is 0. The fourth-order valence-electron chi connectivity index (χ4n) is 6.13. The fraction of sp³-hybridized carbons (Fsp3) is 0.469. The lowest BCUT2D eigenvalue weighted by molar-refractivity contribution is 0.0727. The number of hydrogen-bond donors (Lipinski definition) is 0. The van der Waals surface area contributed by atoms with Gasteiger partial charge in [-0.3, -0.25) is 0 Å². The van der Waals surface area contributed by atoms with Gasteiger partial charge in [0, 0.05) is 6.07 Å². The Bertz CT molecular complexity index is 1170. The maximum atomic E-state index is 15.2. The first kappa shape index (κ1) is 28.0. The quantitative estimate of drug-likeness (QED) is 0.186. The Morgan fingerprint density at radius 2 is 1.68 bits per heavy atom. The minimum absolute atomic E-state index is 0.00123. The first-order chi connectivity index (χ1) is 18.4. The highest BCUT2D eigenvalue weighted by Gasteiger charge is 2.37. The molecule has 204 valence electrons. The van der Waals surface area contributed by atoms with E-state index < -0.39 is 29.0 Å². The van der Waals surface area contributed by atoms with Crippen LogP contribution in [0, 0.1) is 35.2 Å². The van der Waals surface area contributed by atoms with Gasteiger partial charge in [-0.05, 0) is 106 Å². The van der Waals surface area contributed by atoms with Gasteiger partial charge in [-0.25, -0.2) is 18.0 Å². The van der Waals surface area contributed by atoms with Crippen LogP contribution in [-0.4, -0.2) is 12.6 Å². The molecular formula is C32H37F3O3. The monoisotopic (exact) mass is 526 g/mol. The van der Waals surface area contributed by atoms with E-state index in [1.165, 1.54) is 43.5 Å². The van der Waals surface area contributed by atoms with E-state index in [1.807, 2.05) is 6.92 Å². The zero-order chi connectivity index (χ0) is 27.1. The molecule has 4 unspecified atom stereocenters. The van der Waals surface area contributed by atoms with E-state index in [0.29, 0.717) is 17.4 Å². The minimum atomic E-state index is -1.21. The normalized spacial score (nSPS) is 23.5. The second kappa shape index (κ2) is 13.2. The van der Waals surface area contributed by atoms with Gasteiger partial charge in [0.1, 0.15) is 12.4 Å². The van der Waals surface area contributed by atoms with Crippen molar-refractivity contribution in [3.63, 3.8) is 0 Å². The molecule has 0 bridgehead atoms. The molecule has 2 saturated carbocycles. The van der Waals surface area contributed by atoms with Crippen molar-refractivity contribution in [2.75, 3.05) is 6.61 Å². The van der Waals surface area contributed by atoms with Crippen LogP contribution in [-0.2, 0) is 0 Å². The molecule has 2 aliphatic carbocycles. The molecule has 0 N–H and O–H groups in total. The van der Waals surface area contributed by atoms with E-state index in [0.717, 1.165) is 44.1 Å². The maximum Gasteiger partial charge on any atom is 0.346 e. The molecular weight excluding hydrogens is 489 g/mol. The summed E-state index contributed by atoms with van der Waals surface area (Å²) in [7, 11) is 0. The van der Waals surface area contributed by atoms with Gasteiger partial charge < -0.3 is 9.47 Å². The molecule has 2 aliphatic rings. The molecule has 0 amide bonds. The Labute approximate surface area is 223 Å². The van der Waals surface area contributed by atoms with Crippen LogP contribution in [0.3, 0.4) is 0 Å². The first-order valence-corrected chi connectivity index (χ1v) is 13.8. The third-order valence-corrected chi connectivity index (χ3v) is 8.16. The van der Waals surface area contributed by atoms with Crippen LogP contribution in [0.1, 0.15) is 87.1 Å². The van der Waals surface area contributed by atoms with Gasteiger partial charge in [0.25, 0.3) is 0 Å². The summed E-state index contributed by atoms with van der Waals surface area (Å²) in [6, 6.07) is 6.46. The Morgan fingerprint density at radius 3 is 2.45 bits per heavy atom. The van der Waals surface area contributed by atoms with E-state index in [4.69, 9.17) is 9.47 Å². The van der Waals surface area contributed by atoms with Crippen molar-refractivity contribution in [2.45, 2.75) is 71.1 Å². The molecule has 4 rings (SSSR count). The molecule has 0 aliphatic heterocycles. The minimum Gasteiger partial charge on any atom is -0.486 e. The van der Waals surface area contributed by atoms with Crippen LogP contribution >= 0.6 is 0 Å². The molecule has 2 aromatic rings. The van der Waals surface area contributed by atoms with Crippen molar-refractivity contribution in [3.8, 4) is 11.5 Å². The molecule has 0 aromatic heterocycles. The molecule has 2 aromatic carbocycles. The van der Waals surface area contributed by atoms with Crippen LogP contribution in [0.2, 0.25) is 0 Å². The number of carbonyl (C=O) groups is 1. The van der Waals surface area contributed by atoms with Crippen molar-refractivity contribution >= 4 is 5.97 Å². The molecule has 0 heterocycles. The second-order valence-corrected chi connectivity index (χ2v) is 10.5. The van der Waals surface area contributed by atoms with Crippen molar-refractivity contribution < 1.29 is 27.4 Å². The number of allylic oxidation sites excluding steroid dienone is 3. The highest BCUT2D eigenvalue weighted by molar-refractivity contribution is 5.91. The van der Waals surface area contributed by atoms with Gasteiger partial charge in [0.15, 0.2) is 23.2 Å². The summed E-state index contributed by atoms with van der Waals surface area (Å²) in [5.74, 6) is -2.19. The van der Waals surface area contributed by atoms with Crippen molar-refractivity contribution in [2.24, 2.45) is 17.8 Å². The number of halogens is 3. The Balaban J connectivity index is 1.38. The highest BCUT2D eigenvalue weighted by Crippen LogP contribution is 2.49. The molecule has 38 heavy (non-hydrogen) atoms. The lowest BCUT2D eigenvalue weighted by Crippen LogP contribution is -2.30. The lowest BCUT2D eigenvalue weighted by atomic mass is 9.63. The average Bonchev–Trinajstić information content (AvgIpc) is 2.91. The summed E-state index contributed by atoms with van der Waals surface area (Å²) in [6.07, 6.45) is 16.5. The number of rotatable bonds is 9. The SMILES string of the molecule is C/C=C/CCC1CCC2CC(c3ccc(C(=O)Oc4ccc(OC/C=C/C)c(F)c4)c(F)c3F)CCC2C1. The highest BCUT2D eigenvalue weighted by atomic mass is 19.2. The molecule has 0 spiro atoms. The molecule has 0 radical (unpaired) electrons. The van der Waals surface area contributed by atoms with E-state index in [9.17, 15) is 9.18 Å². The third kappa shape index (κ3) is 6.69. The first-order valence-electron chi connectivity index (χ1n) is 13.8. The van der Waals surface area contributed by atoms with Gasteiger partial charge in [-0.15, -0.1) is 0 Å². The van der Waals surface area contributed by atoms with Crippen molar-refractivity contribution in [1.29, 1.82) is 0 Å². The Kier molecular flexibility index (Phi) is 9.70. The van der Waals surface area contributed by atoms with Gasteiger partial charge >= 0.3 is 5.97 Å². The number of benzene rings is 2. The van der Waals surface area contributed by atoms with Crippen LogP contribution in [0.4, 0.5) is 13.2 Å². The number of fused-ring (bicyclic) bond motifs is 1. The topological polar surface area (TPSA) is 35.5 Å². The number of ether oxygens (including phenoxy) is 2. The molecule has 0 saturated heterocycles. The molecule has 2 fully saturated rings. The van der Waals surface area contributed by atoms with Crippen LogP contribution in [0.25, 0.3) is 0 Å². The predicted octanol–water partition coefficient (Wildman–Crippen LogP) is 8.93. The largest absolute Gasteiger partial charge is 0.486 e. The van der Waals surface area contributed by atoms with Gasteiger partial charge in [0.2, 0.25) is 0 Å². The molecule has 3 nitrogen and oxygen atoms in total. The second-order valence-electron chi connectivity index (χ2n) is 10.5. The standard InChI is InChI=1S/C32H37F3O3/c1-3-5-7-8-21-9-10-23-19-24(12-11-22(23)18-21)26-14-15-27(31(35)30(26)34)32(36)38-25-13-16-29(28(33)20-25)37-17-6-4-2/h3-6,13-16,20-24H,7-12,17-19H2,1-2H3/b5-3+,6-4+. The van der Waals surface area contributed by atoms with Crippen LogP contribution in [0.5, 0.6) is 11.5 Å². The number of hydrogen-bond acceptors (Lipinski definition) is 3. The number of carbonyl (C=O) groups excluding carboxylic acids is 1. The smallest absolute Gasteiger partial charge is 0.346 e. The predicted molar refractivity (Wildman–Crippen MR) is 143 cm³/mol. The summed E-state index contributed by atoms with van der Waals surface area (Å²) < 4.78 is 54.9.